The Bertz CT molecular complexity index is 612. The van der Waals surface area contributed by atoms with E-state index in [4.69, 9.17) is 5.73 Å². The van der Waals surface area contributed by atoms with Gasteiger partial charge in [0.25, 0.3) is 0 Å². The van der Waals surface area contributed by atoms with Crippen molar-refractivity contribution in [3.05, 3.63) is 59.7 Å². The maximum atomic E-state index is 5.82. The quantitative estimate of drug-likeness (QED) is 0.834. The van der Waals surface area contributed by atoms with Gasteiger partial charge in [-0.2, -0.15) is 0 Å². The van der Waals surface area contributed by atoms with Crippen LogP contribution < -0.4 is 10.6 Å². The van der Waals surface area contributed by atoms with Gasteiger partial charge < -0.3 is 10.6 Å². The van der Waals surface area contributed by atoms with Crippen LogP contribution in [-0.4, -0.2) is 13.1 Å². The molecule has 0 unspecified atom stereocenters. The van der Waals surface area contributed by atoms with Crippen LogP contribution in [0.4, 0.5) is 11.4 Å². The fourth-order valence-corrected chi connectivity index (χ4v) is 3.18. The first-order valence-corrected chi connectivity index (χ1v) is 7.81. The van der Waals surface area contributed by atoms with Crippen molar-refractivity contribution in [2.45, 2.75) is 32.1 Å². The zero-order chi connectivity index (χ0) is 14.9. The molecule has 0 spiro atoms. The minimum atomic E-state index is 0.325. The smallest absolute Gasteiger partial charge is 0.0396 e. The van der Waals surface area contributed by atoms with Gasteiger partial charge in [-0.05, 0) is 56.0 Å². The fourth-order valence-electron chi connectivity index (χ4n) is 3.18. The van der Waals surface area contributed by atoms with Crippen LogP contribution in [0, 0.1) is 6.92 Å². The molecule has 1 saturated carbocycles. The topological polar surface area (TPSA) is 29.3 Å². The minimum Gasteiger partial charge on any atom is -0.399 e. The van der Waals surface area contributed by atoms with Gasteiger partial charge in [0.1, 0.15) is 0 Å². The van der Waals surface area contributed by atoms with E-state index in [0.29, 0.717) is 5.41 Å². The number of aryl methyl sites for hydroxylation is 1. The molecule has 0 atom stereocenters. The number of hydrogen-bond donors (Lipinski definition) is 1. The zero-order valence-electron chi connectivity index (χ0n) is 13.0. The molecule has 0 radical (unpaired) electrons. The average molecular weight is 280 g/mol. The number of likely N-dealkylation sites (N-methyl/N-ethyl adjacent to an activating group) is 1. The lowest BCUT2D eigenvalue weighted by Gasteiger charge is -2.30. The Balaban J connectivity index is 1.84. The molecule has 21 heavy (non-hydrogen) atoms. The Morgan fingerprint density at radius 1 is 1.05 bits per heavy atom. The number of nitrogens with two attached hydrogens (primary N) is 1. The summed E-state index contributed by atoms with van der Waals surface area (Å²) in [6, 6.07) is 17.1. The maximum absolute atomic E-state index is 5.82. The molecular formula is C19H24N2. The lowest BCUT2D eigenvalue weighted by atomic mass is 9.94. The van der Waals surface area contributed by atoms with Crippen LogP contribution in [0.25, 0.3) is 0 Å². The molecular weight excluding hydrogens is 256 g/mol. The Morgan fingerprint density at radius 2 is 1.71 bits per heavy atom. The highest BCUT2D eigenvalue weighted by Gasteiger charge is 2.45. The second-order valence-electron chi connectivity index (χ2n) is 6.20. The first-order chi connectivity index (χ1) is 10.1. The molecule has 0 aromatic heterocycles. The third-order valence-corrected chi connectivity index (χ3v) is 4.71. The number of para-hydroxylation sites is 1. The summed E-state index contributed by atoms with van der Waals surface area (Å²) in [5, 5.41) is 0. The Morgan fingerprint density at radius 3 is 2.29 bits per heavy atom. The van der Waals surface area contributed by atoms with Gasteiger partial charge >= 0.3 is 0 Å². The minimum absolute atomic E-state index is 0.325. The fraction of sp³-hybridized carbons (Fsp3) is 0.368. The van der Waals surface area contributed by atoms with Gasteiger partial charge in [-0.25, -0.2) is 0 Å². The molecule has 1 aliphatic rings. The van der Waals surface area contributed by atoms with Crippen molar-refractivity contribution in [3.8, 4) is 0 Å². The largest absolute Gasteiger partial charge is 0.399 e. The summed E-state index contributed by atoms with van der Waals surface area (Å²) in [6.07, 6.45) is 2.55. The van der Waals surface area contributed by atoms with Crippen LogP contribution in [0.1, 0.15) is 30.9 Å². The molecule has 0 aliphatic heterocycles. The number of anilines is 2. The highest BCUT2D eigenvalue weighted by Crippen LogP contribution is 2.49. The van der Waals surface area contributed by atoms with E-state index in [0.717, 1.165) is 18.8 Å². The zero-order valence-corrected chi connectivity index (χ0v) is 13.0. The number of hydrogen-bond acceptors (Lipinski definition) is 2. The normalized spacial score (nSPS) is 15.7. The van der Waals surface area contributed by atoms with Crippen molar-refractivity contribution in [1.82, 2.24) is 0 Å². The van der Waals surface area contributed by atoms with E-state index in [9.17, 15) is 0 Å². The van der Waals surface area contributed by atoms with E-state index < -0.39 is 0 Å². The van der Waals surface area contributed by atoms with Crippen molar-refractivity contribution in [2.24, 2.45) is 0 Å². The van der Waals surface area contributed by atoms with E-state index in [2.05, 4.69) is 55.1 Å². The molecule has 0 amide bonds. The third-order valence-electron chi connectivity index (χ3n) is 4.71. The monoisotopic (exact) mass is 280 g/mol. The maximum Gasteiger partial charge on any atom is 0.0396 e. The van der Waals surface area contributed by atoms with Gasteiger partial charge in [0.05, 0.1) is 0 Å². The molecule has 2 heteroatoms. The Labute approximate surface area is 127 Å². The molecule has 1 aliphatic carbocycles. The van der Waals surface area contributed by atoms with Gasteiger partial charge in [0.2, 0.25) is 0 Å². The van der Waals surface area contributed by atoms with Crippen LogP contribution in [0.2, 0.25) is 0 Å². The lowest BCUT2D eigenvalue weighted by Crippen LogP contribution is -2.33. The number of benzene rings is 2. The molecule has 1 fully saturated rings. The molecule has 110 valence electrons. The van der Waals surface area contributed by atoms with Gasteiger partial charge in [-0.3, -0.25) is 0 Å². The standard InChI is InChI=1S/C19H24N2/c1-3-21(18-7-5-4-6-15(18)2)14-19(12-13-19)16-8-10-17(20)11-9-16/h4-11H,3,12-14,20H2,1-2H3. The summed E-state index contributed by atoms with van der Waals surface area (Å²) >= 11 is 0. The van der Waals surface area contributed by atoms with E-state index >= 15 is 0 Å². The van der Waals surface area contributed by atoms with E-state index in [-0.39, 0.29) is 0 Å². The average Bonchev–Trinajstić information content (AvgIpc) is 3.27. The summed E-state index contributed by atoms with van der Waals surface area (Å²) in [5.41, 5.74) is 11.1. The molecule has 2 N–H and O–H groups in total. The molecule has 0 bridgehead atoms. The number of rotatable bonds is 5. The summed E-state index contributed by atoms with van der Waals surface area (Å²) in [7, 11) is 0. The van der Waals surface area contributed by atoms with Gasteiger partial charge in [0, 0.05) is 29.9 Å². The first kappa shape index (κ1) is 14.0. The number of nitrogen functional groups attached to an aromatic ring is 1. The van der Waals surface area contributed by atoms with Crippen LogP contribution in [-0.2, 0) is 5.41 Å². The van der Waals surface area contributed by atoms with E-state index in [1.54, 1.807) is 0 Å². The van der Waals surface area contributed by atoms with Crippen molar-refractivity contribution < 1.29 is 0 Å². The first-order valence-electron chi connectivity index (χ1n) is 7.81. The van der Waals surface area contributed by atoms with E-state index in [1.165, 1.54) is 29.7 Å². The van der Waals surface area contributed by atoms with Crippen molar-refractivity contribution in [2.75, 3.05) is 23.7 Å². The third kappa shape index (κ3) is 2.76. The SMILES string of the molecule is CCN(CC1(c2ccc(N)cc2)CC1)c1ccccc1C. The van der Waals surface area contributed by atoms with Crippen LogP contribution >= 0.6 is 0 Å². The van der Waals surface area contributed by atoms with Crippen molar-refractivity contribution >= 4 is 11.4 Å². The Hall–Kier alpha value is -1.96. The summed E-state index contributed by atoms with van der Waals surface area (Å²) in [6.45, 7) is 6.58. The molecule has 2 aromatic carbocycles. The summed E-state index contributed by atoms with van der Waals surface area (Å²) < 4.78 is 0. The Kier molecular flexibility index (Phi) is 3.62. The second-order valence-corrected chi connectivity index (χ2v) is 6.20. The molecule has 3 rings (SSSR count). The predicted octanol–water partition coefficient (Wildman–Crippen LogP) is 4.14. The van der Waals surface area contributed by atoms with Crippen molar-refractivity contribution in [3.63, 3.8) is 0 Å². The highest BCUT2D eigenvalue weighted by molar-refractivity contribution is 5.54. The van der Waals surface area contributed by atoms with Gasteiger partial charge in [-0.1, -0.05) is 30.3 Å². The van der Waals surface area contributed by atoms with Crippen LogP contribution in [0.5, 0.6) is 0 Å². The predicted molar refractivity (Wildman–Crippen MR) is 90.8 cm³/mol. The molecule has 0 heterocycles. The summed E-state index contributed by atoms with van der Waals surface area (Å²) in [5.74, 6) is 0. The van der Waals surface area contributed by atoms with Crippen LogP contribution in [0.15, 0.2) is 48.5 Å². The molecule has 2 aromatic rings. The highest BCUT2D eigenvalue weighted by atomic mass is 15.1. The molecule has 0 saturated heterocycles. The number of nitrogens with zero attached hydrogens (tertiary/aromatic N) is 1. The summed E-state index contributed by atoms with van der Waals surface area (Å²) in [4.78, 5) is 2.51. The molecule has 2 nitrogen and oxygen atoms in total. The van der Waals surface area contributed by atoms with Gasteiger partial charge in [-0.15, -0.1) is 0 Å². The van der Waals surface area contributed by atoms with Crippen molar-refractivity contribution in [1.29, 1.82) is 0 Å². The second kappa shape index (κ2) is 5.44. The van der Waals surface area contributed by atoms with Gasteiger partial charge in [0.15, 0.2) is 0 Å². The lowest BCUT2D eigenvalue weighted by molar-refractivity contribution is 0.648. The van der Waals surface area contributed by atoms with Crippen LogP contribution in [0.3, 0.4) is 0 Å². The van der Waals surface area contributed by atoms with E-state index in [1.807, 2.05) is 12.1 Å².